The summed E-state index contributed by atoms with van der Waals surface area (Å²) in [6.07, 6.45) is 1.25. The van der Waals surface area contributed by atoms with E-state index in [1.165, 1.54) is 6.07 Å². The summed E-state index contributed by atoms with van der Waals surface area (Å²) >= 11 is 0. The van der Waals surface area contributed by atoms with E-state index in [2.05, 4.69) is 0 Å². The molecule has 0 heterocycles. The SMILES string of the molecule is CCc1cc(F)c(O)c(CC(C)N)c1. The number of hydrogen-bond acceptors (Lipinski definition) is 2. The molecule has 0 aliphatic heterocycles. The Morgan fingerprint density at radius 2 is 2.14 bits per heavy atom. The van der Waals surface area contributed by atoms with Crippen molar-refractivity contribution in [2.24, 2.45) is 5.73 Å². The number of nitrogens with two attached hydrogens (primary N) is 1. The molecule has 0 bridgehead atoms. The summed E-state index contributed by atoms with van der Waals surface area (Å²) in [5, 5.41) is 9.44. The van der Waals surface area contributed by atoms with Gasteiger partial charge >= 0.3 is 0 Å². The molecule has 0 radical (unpaired) electrons. The van der Waals surface area contributed by atoms with Crippen molar-refractivity contribution in [3.8, 4) is 5.75 Å². The molecule has 0 aliphatic carbocycles. The number of halogens is 1. The van der Waals surface area contributed by atoms with Gasteiger partial charge in [-0.1, -0.05) is 13.0 Å². The fourth-order valence-corrected chi connectivity index (χ4v) is 1.42. The predicted molar refractivity (Wildman–Crippen MR) is 54.8 cm³/mol. The molecule has 1 aromatic carbocycles. The minimum Gasteiger partial charge on any atom is -0.505 e. The van der Waals surface area contributed by atoms with Crippen LogP contribution in [0.4, 0.5) is 4.39 Å². The van der Waals surface area contributed by atoms with Crippen LogP contribution in [0, 0.1) is 5.82 Å². The van der Waals surface area contributed by atoms with Crippen molar-refractivity contribution >= 4 is 0 Å². The van der Waals surface area contributed by atoms with Gasteiger partial charge in [-0.05, 0) is 37.0 Å². The third kappa shape index (κ3) is 2.45. The lowest BCUT2D eigenvalue weighted by atomic mass is 10.0. The lowest BCUT2D eigenvalue weighted by molar-refractivity contribution is 0.423. The first-order valence-electron chi connectivity index (χ1n) is 4.80. The van der Waals surface area contributed by atoms with Gasteiger partial charge in [0.1, 0.15) is 0 Å². The van der Waals surface area contributed by atoms with Crippen LogP contribution in [0.1, 0.15) is 25.0 Å². The van der Waals surface area contributed by atoms with Crippen molar-refractivity contribution in [1.82, 2.24) is 0 Å². The number of phenolic OH excluding ortho intramolecular Hbond substituents is 1. The van der Waals surface area contributed by atoms with Crippen LogP contribution in [0.15, 0.2) is 12.1 Å². The smallest absolute Gasteiger partial charge is 0.165 e. The molecular formula is C11H16FNO. The summed E-state index contributed by atoms with van der Waals surface area (Å²) in [5.41, 5.74) is 7.08. The molecule has 1 atom stereocenters. The number of rotatable bonds is 3. The molecule has 0 amide bonds. The van der Waals surface area contributed by atoms with Crippen molar-refractivity contribution in [2.75, 3.05) is 0 Å². The van der Waals surface area contributed by atoms with Crippen LogP contribution in [0.3, 0.4) is 0 Å². The zero-order chi connectivity index (χ0) is 10.7. The Kier molecular flexibility index (Phi) is 3.47. The van der Waals surface area contributed by atoms with Gasteiger partial charge in [0.25, 0.3) is 0 Å². The van der Waals surface area contributed by atoms with E-state index >= 15 is 0 Å². The average molecular weight is 197 g/mol. The molecule has 0 spiro atoms. The minimum absolute atomic E-state index is 0.0765. The minimum atomic E-state index is -0.556. The second kappa shape index (κ2) is 4.42. The standard InChI is InChI=1S/C11H16FNO/c1-3-8-5-9(4-7(2)13)11(14)10(12)6-8/h5-7,14H,3-4,13H2,1-2H3. The van der Waals surface area contributed by atoms with Crippen LogP contribution in [0.25, 0.3) is 0 Å². The Labute approximate surface area is 83.6 Å². The molecular weight excluding hydrogens is 181 g/mol. The van der Waals surface area contributed by atoms with Crippen molar-refractivity contribution in [2.45, 2.75) is 32.7 Å². The molecule has 0 aliphatic rings. The summed E-state index contributed by atoms with van der Waals surface area (Å²) in [5.74, 6) is -0.820. The van der Waals surface area contributed by atoms with E-state index in [4.69, 9.17) is 5.73 Å². The van der Waals surface area contributed by atoms with Crippen molar-refractivity contribution < 1.29 is 9.50 Å². The zero-order valence-electron chi connectivity index (χ0n) is 8.55. The Hall–Kier alpha value is -1.09. The molecule has 3 N–H and O–H groups in total. The topological polar surface area (TPSA) is 46.2 Å². The first kappa shape index (κ1) is 11.0. The van der Waals surface area contributed by atoms with Gasteiger partial charge in [0.2, 0.25) is 0 Å². The first-order chi connectivity index (χ1) is 6.54. The highest BCUT2D eigenvalue weighted by atomic mass is 19.1. The van der Waals surface area contributed by atoms with Crippen LogP contribution in [0.2, 0.25) is 0 Å². The molecule has 1 unspecified atom stereocenters. The molecule has 2 nitrogen and oxygen atoms in total. The number of aromatic hydroxyl groups is 1. The molecule has 78 valence electrons. The van der Waals surface area contributed by atoms with Gasteiger partial charge in [0.05, 0.1) is 0 Å². The summed E-state index contributed by atoms with van der Waals surface area (Å²) in [4.78, 5) is 0. The normalized spacial score (nSPS) is 12.9. The number of benzene rings is 1. The van der Waals surface area contributed by atoms with Gasteiger partial charge in [-0.25, -0.2) is 4.39 Å². The highest BCUT2D eigenvalue weighted by Crippen LogP contribution is 2.24. The molecule has 1 rings (SSSR count). The second-order valence-electron chi connectivity index (χ2n) is 3.62. The summed E-state index contributed by atoms with van der Waals surface area (Å²) < 4.78 is 13.2. The van der Waals surface area contributed by atoms with Crippen LogP contribution >= 0.6 is 0 Å². The van der Waals surface area contributed by atoms with Crippen molar-refractivity contribution in [3.05, 3.63) is 29.1 Å². The fourth-order valence-electron chi connectivity index (χ4n) is 1.42. The molecule has 14 heavy (non-hydrogen) atoms. The third-order valence-electron chi connectivity index (χ3n) is 2.15. The molecule has 0 saturated heterocycles. The Balaban J connectivity index is 3.07. The van der Waals surface area contributed by atoms with Crippen LogP contribution < -0.4 is 5.73 Å². The first-order valence-corrected chi connectivity index (χ1v) is 4.80. The van der Waals surface area contributed by atoms with Crippen molar-refractivity contribution in [1.29, 1.82) is 0 Å². The van der Waals surface area contributed by atoms with Gasteiger partial charge in [-0.2, -0.15) is 0 Å². The molecule has 3 heteroatoms. The van der Waals surface area contributed by atoms with E-state index in [0.29, 0.717) is 12.0 Å². The highest BCUT2D eigenvalue weighted by molar-refractivity contribution is 5.38. The average Bonchev–Trinajstić information content (AvgIpc) is 2.11. The van der Waals surface area contributed by atoms with Gasteiger partial charge in [-0.15, -0.1) is 0 Å². The fraction of sp³-hybridized carbons (Fsp3) is 0.455. The quantitative estimate of drug-likeness (QED) is 0.778. The highest BCUT2D eigenvalue weighted by Gasteiger charge is 2.10. The van der Waals surface area contributed by atoms with Crippen LogP contribution in [-0.2, 0) is 12.8 Å². The Morgan fingerprint density at radius 3 is 2.64 bits per heavy atom. The largest absolute Gasteiger partial charge is 0.505 e. The van der Waals surface area contributed by atoms with E-state index in [9.17, 15) is 9.50 Å². The molecule has 0 saturated carbocycles. The van der Waals surface area contributed by atoms with Gasteiger partial charge in [0.15, 0.2) is 11.6 Å². The molecule has 0 fully saturated rings. The lowest BCUT2D eigenvalue weighted by Crippen LogP contribution is -2.18. The lowest BCUT2D eigenvalue weighted by Gasteiger charge is -2.10. The maximum Gasteiger partial charge on any atom is 0.165 e. The number of hydrogen-bond donors (Lipinski definition) is 2. The predicted octanol–water partition coefficient (Wildman–Crippen LogP) is 1.98. The maximum absolute atomic E-state index is 13.2. The van der Waals surface area contributed by atoms with E-state index in [-0.39, 0.29) is 11.8 Å². The van der Waals surface area contributed by atoms with Crippen LogP contribution in [0.5, 0.6) is 5.75 Å². The molecule has 1 aromatic rings. The summed E-state index contributed by atoms with van der Waals surface area (Å²) in [6, 6.07) is 3.09. The monoisotopic (exact) mass is 197 g/mol. The third-order valence-corrected chi connectivity index (χ3v) is 2.15. The number of phenols is 1. The van der Waals surface area contributed by atoms with E-state index in [1.807, 2.05) is 19.9 Å². The van der Waals surface area contributed by atoms with E-state index in [1.54, 1.807) is 0 Å². The maximum atomic E-state index is 13.2. The van der Waals surface area contributed by atoms with Gasteiger partial charge in [-0.3, -0.25) is 0 Å². The molecule has 0 aromatic heterocycles. The van der Waals surface area contributed by atoms with Crippen molar-refractivity contribution in [3.63, 3.8) is 0 Å². The Morgan fingerprint density at radius 1 is 1.50 bits per heavy atom. The van der Waals surface area contributed by atoms with E-state index < -0.39 is 5.82 Å². The summed E-state index contributed by atoms with van der Waals surface area (Å²) in [6.45, 7) is 3.78. The van der Waals surface area contributed by atoms with Gasteiger partial charge < -0.3 is 10.8 Å². The van der Waals surface area contributed by atoms with Gasteiger partial charge in [0, 0.05) is 6.04 Å². The number of aryl methyl sites for hydroxylation is 1. The van der Waals surface area contributed by atoms with E-state index in [0.717, 1.165) is 12.0 Å². The van der Waals surface area contributed by atoms with Crippen LogP contribution in [-0.4, -0.2) is 11.1 Å². The zero-order valence-corrected chi connectivity index (χ0v) is 8.55. The Bertz CT molecular complexity index is 323. The summed E-state index contributed by atoms with van der Waals surface area (Å²) in [7, 11) is 0. The second-order valence-corrected chi connectivity index (χ2v) is 3.62.